The summed E-state index contributed by atoms with van der Waals surface area (Å²) in [6, 6.07) is 62.4. The smallest absolute Gasteiger partial charge is 0.236 e. The first-order valence-electron chi connectivity index (χ1n) is 18.5. The number of hydrogen-bond donors (Lipinski definition) is 0. The van der Waals surface area contributed by atoms with Gasteiger partial charge in [-0.05, 0) is 63.4 Å². The van der Waals surface area contributed by atoms with E-state index >= 15 is 0 Å². The van der Waals surface area contributed by atoms with E-state index in [1.54, 1.807) is 11.3 Å². The van der Waals surface area contributed by atoms with E-state index in [2.05, 4.69) is 180 Å². The van der Waals surface area contributed by atoms with Crippen molar-refractivity contribution in [2.75, 3.05) is 0 Å². The van der Waals surface area contributed by atoms with Gasteiger partial charge in [-0.15, -0.1) is 11.3 Å². The minimum absolute atomic E-state index is 0.620. The zero-order valence-corrected chi connectivity index (χ0v) is 30.2. The molecular weight excluding hydrogens is 691 g/mol. The van der Waals surface area contributed by atoms with Gasteiger partial charge in [0, 0.05) is 37.2 Å². The minimum atomic E-state index is 0.620. The molecule has 0 unspecified atom stereocenters. The van der Waals surface area contributed by atoms with Gasteiger partial charge >= 0.3 is 0 Å². The molecule has 0 saturated carbocycles. The number of fused-ring (bicyclic) bond motifs is 12. The van der Waals surface area contributed by atoms with Crippen LogP contribution in [0, 0.1) is 0 Å². The zero-order valence-electron chi connectivity index (χ0n) is 29.4. The highest BCUT2D eigenvalue weighted by Gasteiger charge is 2.23. The van der Waals surface area contributed by atoms with E-state index in [9.17, 15) is 0 Å². The van der Waals surface area contributed by atoms with Crippen molar-refractivity contribution >= 4 is 86.2 Å². The monoisotopic (exact) mass is 719 g/mol. The van der Waals surface area contributed by atoms with Gasteiger partial charge in [-0.25, -0.2) is 9.97 Å². The van der Waals surface area contributed by atoms with Crippen LogP contribution in [0.15, 0.2) is 180 Å². The second kappa shape index (κ2) is 11.7. The highest BCUT2D eigenvalue weighted by molar-refractivity contribution is 7.26. The number of thiophene rings is 1. The van der Waals surface area contributed by atoms with Crippen molar-refractivity contribution < 1.29 is 4.42 Å². The first kappa shape index (κ1) is 30.4. The standard InChI is InChI=1S/C50H29N3OS/c1-3-11-30(12-4-1)32-19-21-33(22-20-32)45-49-46(39-16-8-10-18-43(39)55-49)52-50(51-45)53-41-17-9-7-15-37(41)38-26-27-40-44-36-25-23-34(31-13-5-2-6-14-31)29-35(36)24-28-42(44)54-48(40)47(38)53/h1-29H. The molecule has 0 spiro atoms. The van der Waals surface area contributed by atoms with Gasteiger partial charge in [0.15, 0.2) is 5.58 Å². The molecule has 0 amide bonds. The van der Waals surface area contributed by atoms with E-state index in [4.69, 9.17) is 14.4 Å². The minimum Gasteiger partial charge on any atom is -0.454 e. The summed E-state index contributed by atoms with van der Waals surface area (Å²) in [6.07, 6.45) is 0. The van der Waals surface area contributed by atoms with Crippen LogP contribution < -0.4 is 0 Å². The molecule has 0 N–H and O–H groups in total. The van der Waals surface area contributed by atoms with Crippen molar-refractivity contribution in [1.82, 2.24) is 14.5 Å². The molecule has 12 aromatic rings. The molecule has 12 rings (SSSR count). The van der Waals surface area contributed by atoms with Crippen molar-refractivity contribution in [3.05, 3.63) is 176 Å². The summed E-state index contributed by atoms with van der Waals surface area (Å²) < 4.78 is 11.4. The molecule has 0 aliphatic heterocycles. The number of benzene rings is 8. The summed E-state index contributed by atoms with van der Waals surface area (Å²) in [4.78, 5) is 10.9. The maximum atomic E-state index is 6.92. The molecule has 0 saturated heterocycles. The first-order chi connectivity index (χ1) is 27.3. The highest BCUT2D eigenvalue weighted by Crippen LogP contribution is 2.44. The Kier molecular flexibility index (Phi) is 6.47. The highest BCUT2D eigenvalue weighted by atomic mass is 32.1. The van der Waals surface area contributed by atoms with Crippen molar-refractivity contribution in [1.29, 1.82) is 0 Å². The van der Waals surface area contributed by atoms with Gasteiger partial charge in [-0.2, -0.15) is 0 Å². The molecule has 0 atom stereocenters. The average Bonchev–Trinajstić information content (AvgIpc) is 3.94. The quantitative estimate of drug-likeness (QED) is 0.182. The molecule has 0 bridgehead atoms. The Labute approximate surface area is 319 Å². The van der Waals surface area contributed by atoms with Crippen LogP contribution in [-0.2, 0) is 0 Å². The second-order valence-electron chi connectivity index (χ2n) is 14.1. The molecule has 0 radical (unpaired) electrons. The zero-order chi connectivity index (χ0) is 36.0. The number of para-hydroxylation sites is 1. The number of nitrogens with zero attached hydrogens (tertiary/aromatic N) is 3. The lowest BCUT2D eigenvalue weighted by Crippen LogP contribution is -2.03. The van der Waals surface area contributed by atoms with Crippen molar-refractivity contribution in [3.8, 4) is 39.5 Å². The molecule has 5 heteroatoms. The Morgan fingerprint density at radius 3 is 1.93 bits per heavy atom. The fourth-order valence-electron chi connectivity index (χ4n) is 8.45. The molecule has 4 aromatic heterocycles. The van der Waals surface area contributed by atoms with E-state index in [1.165, 1.54) is 37.7 Å². The van der Waals surface area contributed by atoms with Crippen LogP contribution in [0.5, 0.6) is 0 Å². The fraction of sp³-hybridized carbons (Fsp3) is 0. The summed E-state index contributed by atoms with van der Waals surface area (Å²) in [5.74, 6) is 0.620. The summed E-state index contributed by atoms with van der Waals surface area (Å²) in [7, 11) is 0. The largest absolute Gasteiger partial charge is 0.454 e. The summed E-state index contributed by atoms with van der Waals surface area (Å²) in [6.45, 7) is 0. The van der Waals surface area contributed by atoms with Crippen LogP contribution in [0.25, 0.3) is 114 Å². The van der Waals surface area contributed by atoms with Crippen LogP contribution in [0.2, 0.25) is 0 Å². The van der Waals surface area contributed by atoms with Crippen LogP contribution in [0.3, 0.4) is 0 Å². The second-order valence-corrected chi connectivity index (χ2v) is 15.2. The van der Waals surface area contributed by atoms with E-state index in [0.717, 1.165) is 70.6 Å². The van der Waals surface area contributed by atoms with Gasteiger partial charge in [0.2, 0.25) is 5.95 Å². The van der Waals surface area contributed by atoms with Crippen LogP contribution in [0.4, 0.5) is 0 Å². The Morgan fingerprint density at radius 1 is 0.473 bits per heavy atom. The molecule has 55 heavy (non-hydrogen) atoms. The summed E-state index contributed by atoms with van der Waals surface area (Å²) in [5, 5.41) is 7.90. The van der Waals surface area contributed by atoms with E-state index in [1.807, 2.05) is 0 Å². The maximum Gasteiger partial charge on any atom is 0.236 e. The maximum absolute atomic E-state index is 6.92. The van der Waals surface area contributed by atoms with E-state index < -0.39 is 0 Å². The third kappa shape index (κ3) is 4.57. The summed E-state index contributed by atoms with van der Waals surface area (Å²) in [5.41, 5.74) is 11.4. The topological polar surface area (TPSA) is 43.9 Å². The molecule has 4 heterocycles. The molecule has 0 aliphatic rings. The average molecular weight is 720 g/mol. The van der Waals surface area contributed by atoms with Crippen molar-refractivity contribution in [3.63, 3.8) is 0 Å². The lowest BCUT2D eigenvalue weighted by atomic mass is 9.98. The van der Waals surface area contributed by atoms with Crippen molar-refractivity contribution in [2.45, 2.75) is 0 Å². The van der Waals surface area contributed by atoms with Gasteiger partial charge in [0.25, 0.3) is 0 Å². The lowest BCUT2D eigenvalue weighted by Gasteiger charge is -2.11. The normalized spacial score (nSPS) is 12.0. The van der Waals surface area contributed by atoms with Gasteiger partial charge in [0.1, 0.15) is 11.1 Å². The number of hydrogen-bond acceptors (Lipinski definition) is 4. The molecule has 0 fully saturated rings. The SMILES string of the molecule is c1ccc(-c2ccc(-c3nc(-n4c5ccccc5c5ccc6c(oc7ccc8cc(-c9ccccc9)ccc8c76)c54)nc4c3sc3ccccc34)cc2)cc1. The van der Waals surface area contributed by atoms with Gasteiger partial charge in [0.05, 0.1) is 21.4 Å². The summed E-state index contributed by atoms with van der Waals surface area (Å²) >= 11 is 1.75. The molecule has 4 nitrogen and oxygen atoms in total. The number of rotatable bonds is 4. The van der Waals surface area contributed by atoms with E-state index in [-0.39, 0.29) is 0 Å². The van der Waals surface area contributed by atoms with Gasteiger partial charge < -0.3 is 4.42 Å². The molecular formula is C50H29N3OS. The first-order valence-corrected chi connectivity index (χ1v) is 19.3. The molecule has 0 aliphatic carbocycles. The van der Waals surface area contributed by atoms with Crippen LogP contribution in [-0.4, -0.2) is 14.5 Å². The Hall–Kier alpha value is -7.08. The van der Waals surface area contributed by atoms with Crippen LogP contribution >= 0.6 is 11.3 Å². The van der Waals surface area contributed by atoms with E-state index in [0.29, 0.717) is 5.95 Å². The van der Waals surface area contributed by atoms with Gasteiger partial charge in [-0.1, -0.05) is 146 Å². The third-order valence-corrected chi connectivity index (χ3v) is 12.2. The number of furan rings is 1. The lowest BCUT2D eigenvalue weighted by molar-refractivity contribution is 0.671. The predicted octanol–water partition coefficient (Wildman–Crippen LogP) is 14.0. The molecule has 256 valence electrons. The Morgan fingerprint density at radius 2 is 1.11 bits per heavy atom. The Bertz CT molecular complexity index is 3470. The van der Waals surface area contributed by atoms with Crippen LogP contribution in [0.1, 0.15) is 0 Å². The fourth-order valence-corrected chi connectivity index (χ4v) is 9.61. The Balaban J connectivity index is 1.14. The van der Waals surface area contributed by atoms with Gasteiger partial charge in [-0.3, -0.25) is 4.57 Å². The number of aromatic nitrogens is 3. The third-order valence-electron chi connectivity index (χ3n) is 11.0. The predicted molar refractivity (Wildman–Crippen MR) is 230 cm³/mol. The van der Waals surface area contributed by atoms with Crippen molar-refractivity contribution in [2.24, 2.45) is 0 Å². The molecule has 8 aromatic carbocycles.